The first kappa shape index (κ1) is 35.4. The number of nitrogens with zero attached hydrogens (tertiary/aromatic N) is 1. The average molecular weight is 804 g/mol. The fraction of sp³-hybridized carbons (Fsp3) is 0. The van der Waals surface area contributed by atoms with E-state index < -0.39 is 0 Å². The first-order valence-corrected chi connectivity index (χ1v) is 21.5. The van der Waals surface area contributed by atoms with Gasteiger partial charge in [0.2, 0.25) is 0 Å². The Bertz CT molecular complexity index is 3690. The van der Waals surface area contributed by atoms with Gasteiger partial charge in [-0.05, 0) is 103 Å². The van der Waals surface area contributed by atoms with E-state index in [1.807, 2.05) is 0 Å². The smallest absolute Gasteiger partial charge is 0.143 e. The van der Waals surface area contributed by atoms with Crippen molar-refractivity contribution in [2.75, 3.05) is 4.90 Å². The molecule has 13 aromatic rings. The molecule has 0 N–H and O–H groups in total. The third kappa shape index (κ3) is 5.67. The van der Waals surface area contributed by atoms with Crippen LogP contribution in [0.4, 0.5) is 17.1 Å². The summed E-state index contributed by atoms with van der Waals surface area (Å²) in [6, 6.07) is 80.3. The normalized spacial score (nSPS) is 11.8. The van der Waals surface area contributed by atoms with Gasteiger partial charge in [-0.2, -0.15) is 0 Å². The van der Waals surface area contributed by atoms with Gasteiger partial charge in [0.05, 0.1) is 0 Å². The lowest BCUT2D eigenvalue weighted by atomic mass is 9.97. The molecule has 2 heterocycles. The molecule has 2 aromatic heterocycles. The monoisotopic (exact) mass is 803 g/mol. The second kappa shape index (κ2) is 14.1. The van der Waals surface area contributed by atoms with Crippen molar-refractivity contribution in [3.05, 3.63) is 224 Å². The molecule has 0 spiro atoms. The summed E-state index contributed by atoms with van der Waals surface area (Å²) in [7, 11) is 0. The number of furan rings is 2. The summed E-state index contributed by atoms with van der Waals surface area (Å²) in [5.74, 6) is 0. The average Bonchev–Trinajstić information content (AvgIpc) is 3.94. The van der Waals surface area contributed by atoms with E-state index in [1.165, 1.54) is 43.4 Å². The van der Waals surface area contributed by atoms with E-state index in [0.717, 1.165) is 83.2 Å². The Kier molecular flexibility index (Phi) is 7.91. The van der Waals surface area contributed by atoms with Crippen LogP contribution in [0.1, 0.15) is 0 Å². The highest BCUT2D eigenvalue weighted by Gasteiger charge is 2.19. The SMILES string of the molecule is c1ccc2c(-c3ccc(N(c4ccc(-c5cccc6c5oc5ccc7ccccc7c56)cc4)c4ccc(-c5cccc6c5oc5ccc7ccccc7c56)cc4)cc3)cccc2c1. The van der Waals surface area contributed by atoms with Crippen LogP contribution in [0, 0.1) is 0 Å². The van der Waals surface area contributed by atoms with Crippen LogP contribution in [0.3, 0.4) is 0 Å². The zero-order valence-electron chi connectivity index (χ0n) is 34.1. The zero-order valence-corrected chi connectivity index (χ0v) is 34.1. The number of benzene rings is 11. The highest BCUT2D eigenvalue weighted by molar-refractivity contribution is 6.22. The van der Waals surface area contributed by atoms with Crippen molar-refractivity contribution in [3.8, 4) is 33.4 Å². The van der Waals surface area contributed by atoms with Crippen molar-refractivity contribution in [2.24, 2.45) is 0 Å². The van der Waals surface area contributed by atoms with Gasteiger partial charge in [0, 0.05) is 49.7 Å². The summed E-state index contributed by atoms with van der Waals surface area (Å²) >= 11 is 0. The molecule has 11 aromatic carbocycles. The Morgan fingerprint density at radius 2 is 0.603 bits per heavy atom. The van der Waals surface area contributed by atoms with Gasteiger partial charge < -0.3 is 13.7 Å². The highest BCUT2D eigenvalue weighted by Crippen LogP contribution is 2.43. The molecular weight excluding hydrogens is 767 g/mol. The maximum Gasteiger partial charge on any atom is 0.143 e. The maximum atomic E-state index is 6.63. The van der Waals surface area contributed by atoms with Crippen molar-refractivity contribution in [2.45, 2.75) is 0 Å². The van der Waals surface area contributed by atoms with Gasteiger partial charge in [0.25, 0.3) is 0 Å². The highest BCUT2D eigenvalue weighted by atomic mass is 16.3. The first-order chi connectivity index (χ1) is 31.2. The summed E-state index contributed by atoms with van der Waals surface area (Å²) in [5, 5.41) is 11.9. The summed E-state index contributed by atoms with van der Waals surface area (Å²) < 4.78 is 13.3. The van der Waals surface area contributed by atoms with Crippen LogP contribution in [0.25, 0.3) is 110 Å². The maximum absolute atomic E-state index is 6.63. The Balaban J connectivity index is 0.915. The van der Waals surface area contributed by atoms with Crippen LogP contribution < -0.4 is 4.90 Å². The molecule has 0 aliphatic heterocycles. The van der Waals surface area contributed by atoms with Gasteiger partial charge in [-0.15, -0.1) is 0 Å². The van der Waals surface area contributed by atoms with E-state index in [2.05, 4.69) is 229 Å². The fourth-order valence-electron chi connectivity index (χ4n) is 9.89. The van der Waals surface area contributed by atoms with Gasteiger partial charge in [0.1, 0.15) is 22.3 Å². The van der Waals surface area contributed by atoms with Crippen molar-refractivity contribution in [1.82, 2.24) is 0 Å². The van der Waals surface area contributed by atoms with E-state index in [0.29, 0.717) is 0 Å². The van der Waals surface area contributed by atoms with E-state index >= 15 is 0 Å². The third-order valence-corrected chi connectivity index (χ3v) is 12.9. The Morgan fingerprint density at radius 1 is 0.254 bits per heavy atom. The minimum atomic E-state index is 0.902. The lowest BCUT2D eigenvalue weighted by Gasteiger charge is -2.26. The standard InChI is InChI=1S/C60H37NO2/c1-4-14-47-38(10-1)13-7-17-48(47)41-22-30-44(31-23-41)61(45-32-24-42(25-33-45)51-18-8-20-53-57-49-15-5-2-11-39(49)28-36-55(57)62-59(51)53)46-34-26-43(27-35-46)52-19-9-21-54-58-50-16-6-3-12-40(50)29-37-56(58)63-60(52)54/h1-37H. The van der Waals surface area contributed by atoms with E-state index in [-0.39, 0.29) is 0 Å². The van der Waals surface area contributed by atoms with Crippen molar-refractivity contribution in [1.29, 1.82) is 0 Å². The predicted molar refractivity (Wildman–Crippen MR) is 265 cm³/mol. The molecule has 0 bridgehead atoms. The molecule has 0 aliphatic carbocycles. The van der Waals surface area contributed by atoms with Gasteiger partial charge in [-0.3, -0.25) is 0 Å². The van der Waals surface area contributed by atoms with E-state index in [9.17, 15) is 0 Å². The van der Waals surface area contributed by atoms with Crippen LogP contribution in [-0.4, -0.2) is 0 Å². The summed E-state index contributed by atoms with van der Waals surface area (Å²) in [5.41, 5.74) is 13.5. The van der Waals surface area contributed by atoms with Gasteiger partial charge in [0.15, 0.2) is 0 Å². The van der Waals surface area contributed by atoms with Gasteiger partial charge in [-0.25, -0.2) is 0 Å². The molecule has 0 saturated heterocycles. The van der Waals surface area contributed by atoms with Crippen LogP contribution in [0.5, 0.6) is 0 Å². The second-order valence-corrected chi connectivity index (χ2v) is 16.4. The van der Waals surface area contributed by atoms with Gasteiger partial charge >= 0.3 is 0 Å². The lowest BCUT2D eigenvalue weighted by Crippen LogP contribution is -2.09. The summed E-state index contributed by atoms with van der Waals surface area (Å²) in [4.78, 5) is 2.34. The van der Waals surface area contributed by atoms with Crippen LogP contribution in [0.2, 0.25) is 0 Å². The molecule has 3 nitrogen and oxygen atoms in total. The van der Waals surface area contributed by atoms with Crippen LogP contribution in [0.15, 0.2) is 233 Å². The molecule has 294 valence electrons. The minimum absolute atomic E-state index is 0.902. The number of hydrogen-bond donors (Lipinski definition) is 0. The molecule has 0 saturated carbocycles. The molecule has 0 radical (unpaired) electrons. The number of fused-ring (bicyclic) bond motifs is 11. The minimum Gasteiger partial charge on any atom is -0.455 e. The van der Waals surface area contributed by atoms with Crippen molar-refractivity contribution >= 4 is 93.3 Å². The summed E-state index contributed by atoms with van der Waals surface area (Å²) in [6.07, 6.45) is 0. The lowest BCUT2D eigenvalue weighted by molar-refractivity contribution is 0.670. The second-order valence-electron chi connectivity index (χ2n) is 16.4. The van der Waals surface area contributed by atoms with Crippen LogP contribution >= 0.6 is 0 Å². The van der Waals surface area contributed by atoms with Crippen LogP contribution in [-0.2, 0) is 0 Å². The first-order valence-electron chi connectivity index (χ1n) is 21.5. The molecule has 3 heteroatoms. The zero-order chi connectivity index (χ0) is 41.4. The topological polar surface area (TPSA) is 29.5 Å². The van der Waals surface area contributed by atoms with Crippen molar-refractivity contribution in [3.63, 3.8) is 0 Å². The fourth-order valence-corrected chi connectivity index (χ4v) is 9.89. The predicted octanol–water partition coefficient (Wildman–Crippen LogP) is 17.4. The van der Waals surface area contributed by atoms with Crippen molar-refractivity contribution < 1.29 is 8.83 Å². The quantitative estimate of drug-likeness (QED) is 0.168. The molecule has 0 amide bonds. The third-order valence-electron chi connectivity index (χ3n) is 12.9. The largest absolute Gasteiger partial charge is 0.455 e. The molecule has 0 unspecified atom stereocenters. The molecule has 0 fully saturated rings. The molecule has 0 aliphatic rings. The number of rotatable bonds is 6. The van der Waals surface area contributed by atoms with E-state index in [1.54, 1.807) is 0 Å². The summed E-state index contributed by atoms with van der Waals surface area (Å²) in [6.45, 7) is 0. The molecule has 0 atom stereocenters. The Morgan fingerprint density at radius 3 is 1.08 bits per heavy atom. The van der Waals surface area contributed by atoms with E-state index in [4.69, 9.17) is 8.83 Å². The number of hydrogen-bond acceptors (Lipinski definition) is 3. The Labute approximate surface area is 363 Å². The molecule has 13 rings (SSSR count). The molecule has 63 heavy (non-hydrogen) atoms. The van der Waals surface area contributed by atoms with Gasteiger partial charge in [-0.1, -0.05) is 176 Å². The molecular formula is C60H37NO2. The number of anilines is 3. The number of para-hydroxylation sites is 2. The Hall–Kier alpha value is -8.40.